The summed E-state index contributed by atoms with van der Waals surface area (Å²) in [6.45, 7) is -0.253. The molecule has 0 radical (unpaired) electrons. The minimum Gasteiger partial charge on any atom is -0.460 e. The number of hydrogen-bond donors (Lipinski definition) is 1. The van der Waals surface area contributed by atoms with E-state index in [4.69, 9.17) is 16.3 Å². The molecule has 0 saturated carbocycles. The van der Waals surface area contributed by atoms with Gasteiger partial charge >= 0.3 is 5.97 Å². The molecule has 0 aromatic heterocycles. The fourth-order valence-corrected chi connectivity index (χ4v) is 4.26. The highest BCUT2D eigenvalue weighted by Crippen LogP contribution is 2.41. The van der Waals surface area contributed by atoms with Gasteiger partial charge in [-0.1, -0.05) is 60.1 Å². The van der Waals surface area contributed by atoms with Crippen LogP contribution >= 0.6 is 23.4 Å². The third kappa shape index (κ3) is 5.27. The molecule has 2 aromatic rings. The third-order valence-corrected chi connectivity index (χ3v) is 5.71. The quantitative estimate of drug-likeness (QED) is 0.700. The third-order valence-electron chi connectivity index (χ3n) is 4.13. The molecule has 3 rings (SSSR count). The number of rotatable bonds is 7. The van der Waals surface area contributed by atoms with Crippen molar-refractivity contribution in [3.05, 3.63) is 70.7 Å². The maximum atomic E-state index is 12.2. The summed E-state index contributed by atoms with van der Waals surface area (Å²) >= 11 is 7.65. The lowest BCUT2D eigenvalue weighted by molar-refractivity contribution is -0.145. The van der Waals surface area contributed by atoms with Crippen molar-refractivity contribution in [1.29, 1.82) is 0 Å². The van der Waals surface area contributed by atoms with Crippen molar-refractivity contribution in [1.82, 2.24) is 10.2 Å². The lowest BCUT2D eigenvalue weighted by Gasteiger charge is -2.24. The van der Waals surface area contributed by atoms with E-state index in [0.717, 1.165) is 11.1 Å². The predicted octanol–water partition coefficient (Wildman–Crippen LogP) is 2.77. The summed E-state index contributed by atoms with van der Waals surface area (Å²) in [5.41, 5.74) is 1.65. The van der Waals surface area contributed by atoms with Crippen LogP contribution in [0.25, 0.3) is 0 Å². The Balaban J connectivity index is 1.50. The van der Waals surface area contributed by atoms with Crippen molar-refractivity contribution in [2.45, 2.75) is 12.0 Å². The number of carbonyl (C=O) groups is 3. The SMILES string of the molecule is O=C(CN1C(=O)CSC1c1ccccc1Cl)NCC(=O)OCc1ccccc1. The molecule has 0 bridgehead atoms. The molecule has 0 spiro atoms. The summed E-state index contributed by atoms with van der Waals surface area (Å²) in [6, 6.07) is 16.5. The molecule has 8 heteroatoms. The van der Waals surface area contributed by atoms with Gasteiger partial charge in [0.1, 0.15) is 25.1 Å². The fourth-order valence-electron chi connectivity index (χ4n) is 2.73. The van der Waals surface area contributed by atoms with Crippen LogP contribution in [0.3, 0.4) is 0 Å². The highest BCUT2D eigenvalue weighted by Gasteiger charge is 2.35. The lowest BCUT2D eigenvalue weighted by atomic mass is 10.2. The van der Waals surface area contributed by atoms with Crippen molar-refractivity contribution in [2.75, 3.05) is 18.8 Å². The normalized spacial score (nSPS) is 16.1. The van der Waals surface area contributed by atoms with Crippen LogP contribution < -0.4 is 5.32 Å². The molecule has 1 unspecified atom stereocenters. The van der Waals surface area contributed by atoms with Crippen LogP contribution in [0.5, 0.6) is 0 Å². The molecule has 1 atom stereocenters. The Labute approximate surface area is 172 Å². The number of esters is 1. The average Bonchev–Trinajstić information content (AvgIpc) is 3.06. The molecule has 1 fully saturated rings. The summed E-state index contributed by atoms with van der Waals surface area (Å²) < 4.78 is 5.12. The Morgan fingerprint density at radius 3 is 2.61 bits per heavy atom. The molecule has 1 saturated heterocycles. The number of carbonyl (C=O) groups excluding carboxylic acids is 3. The maximum absolute atomic E-state index is 12.2. The number of nitrogens with one attached hydrogen (secondary N) is 1. The van der Waals surface area contributed by atoms with Gasteiger partial charge in [0.25, 0.3) is 0 Å². The molecule has 28 heavy (non-hydrogen) atoms. The number of ether oxygens (including phenoxy) is 1. The van der Waals surface area contributed by atoms with Crippen molar-refractivity contribution < 1.29 is 19.1 Å². The number of halogens is 1. The minimum atomic E-state index is -0.540. The van der Waals surface area contributed by atoms with E-state index in [0.29, 0.717) is 5.02 Å². The van der Waals surface area contributed by atoms with Crippen LogP contribution in [-0.2, 0) is 25.7 Å². The molecule has 1 aliphatic rings. The van der Waals surface area contributed by atoms with Gasteiger partial charge in [-0.15, -0.1) is 11.8 Å². The van der Waals surface area contributed by atoms with E-state index >= 15 is 0 Å². The van der Waals surface area contributed by atoms with Crippen LogP contribution in [0.4, 0.5) is 0 Å². The highest BCUT2D eigenvalue weighted by atomic mass is 35.5. The minimum absolute atomic E-state index is 0.142. The Kier molecular flexibility index (Phi) is 6.95. The van der Waals surface area contributed by atoms with Gasteiger partial charge in [-0.3, -0.25) is 14.4 Å². The molecule has 1 aliphatic heterocycles. The molecular weight excluding hydrogens is 400 g/mol. The zero-order chi connectivity index (χ0) is 19.9. The van der Waals surface area contributed by atoms with Gasteiger partial charge in [0, 0.05) is 10.6 Å². The molecule has 6 nitrogen and oxygen atoms in total. The second kappa shape index (κ2) is 9.61. The van der Waals surface area contributed by atoms with E-state index in [1.165, 1.54) is 16.7 Å². The van der Waals surface area contributed by atoms with Gasteiger partial charge < -0.3 is 15.0 Å². The predicted molar refractivity (Wildman–Crippen MR) is 108 cm³/mol. The lowest BCUT2D eigenvalue weighted by Crippen LogP contribution is -2.41. The van der Waals surface area contributed by atoms with Gasteiger partial charge in [0.2, 0.25) is 11.8 Å². The van der Waals surface area contributed by atoms with Crippen molar-refractivity contribution in [3.63, 3.8) is 0 Å². The molecule has 0 aliphatic carbocycles. The van der Waals surface area contributed by atoms with Crippen molar-refractivity contribution in [3.8, 4) is 0 Å². The molecular formula is C20H19ClN2O4S. The smallest absolute Gasteiger partial charge is 0.325 e. The van der Waals surface area contributed by atoms with Crippen LogP contribution in [0.1, 0.15) is 16.5 Å². The van der Waals surface area contributed by atoms with Gasteiger partial charge in [0.15, 0.2) is 0 Å². The first-order chi connectivity index (χ1) is 13.5. The second-order valence-electron chi connectivity index (χ2n) is 6.13. The summed E-state index contributed by atoms with van der Waals surface area (Å²) in [5, 5.41) is 2.73. The van der Waals surface area contributed by atoms with Gasteiger partial charge in [-0.05, 0) is 11.6 Å². The van der Waals surface area contributed by atoms with Crippen molar-refractivity contribution >= 4 is 41.1 Å². The van der Waals surface area contributed by atoms with E-state index in [-0.39, 0.29) is 36.7 Å². The van der Waals surface area contributed by atoms with Crippen molar-refractivity contribution in [2.24, 2.45) is 0 Å². The Morgan fingerprint density at radius 2 is 1.86 bits per heavy atom. The van der Waals surface area contributed by atoms with E-state index in [2.05, 4.69) is 5.32 Å². The van der Waals surface area contributed by atoms with Gasteiger partial charge in [0.05, 0.1) is 5.75 Å². The number of nitrogens with zero attached hydrogens (tertiary/aromatic N) is 1. The molecule has 2 amide bonds. The monoisotopic (exact) mass is 418 g/mol. The van der Waals surface area contributed by atoms with Crippen LogP contribution in [0.2, 0.25) is 5.02 Å². The van der Waals surface area contributed by atoms with E-state index < -0.39 is 11.9 Å². The Bertz CT molecular complexity index is 862. The molecule has 1 N–H and O–H groups in total. The van der Waals surface area contributed by atoms with E-state index in [1.54, 1.807) is 6.07 Å². The largest absolute Gasteiger partial charge is 0.460 e. The summed E-state index contributed by atoms with van der Waals surface area (Å²) in [6.07, 6.45) is 0. The second-order valence-corrected chi connectivity index (χ2v) is 7.61. The van der Waals surface area contributed by atoms with Gasteiger partial charge in [-0.2, -0.15) is 0 Å². The maximum Gasteiger partial charge on any atom is 0.325 e. The average molecular weight is 419 g/mol. The Hall–Kier alpha value is -2.51. The standard InChI is InChI=1S/C20H19ClN2O4S/c21-16-9-5-4-8-15(16)20-23(18(25)13-28-20)11-17(24)22-10-19(26)27-12-14-6-2-1-3-7-14/h1-9,20H,10-13H2,(H,22,24). The van der Waals surface area contributed by atoms with Crippen LogP contribution in [-0.4, -0.2) is 41.5 Å². The number of thioether (sulfide) groups is 1. The number of hydrogen-bond acceptors (Lipinski definition) is 5. The zero-order valence-corrected chi connectivity index (χ0v) is 16.5. The summed E-state index contributed by atoms with van der Waals surface area (Å²) in [4.78, 5) is 37.7. The summed E-state index contributed by atoms with van der Waals surface area (Å²) in [5.74, 6) is -0.828. The van der Waals surface area contributed by atoms with E-state index in [1.807, 2.05) is 48.5 Å². The first-order valence-corrected chi connectivity index (χ1v) is 10.1. The topological polar surface area (TPSA) is 75.7 Å². The first kappa shape index (κ1) is 20.2. The number of benzene rings is 2. The van der Waals surface area contributed by atoms with Gasteiger partial charge in [-0.25, -0.2) is 0 Å². The van der Waals surface area contributed by atoms with Crippen LogP contribution in [0, 0.1) is 0 Å². The molecule has 1 heterocycles. The van der Waals surface area contributed by atoms with E-state index in [9.17, 15) is 14.4 Å². The molecule has 2 aromatic carbocycles. The first-order valence-electron chi connectivity index (χ1n) is 8.66. The van der Waals surface area contributed by atoms with Crippen LogP contribution in [0.15, 0.2) is 54.6 Å². The zero-order valence-electron chi connectivity index (χ0n) is 15.0. The fraction of sp³-hybridized carbons (Fsp3) is 0.250. The number of amides is 2. The summed E-state index contributed by atoms with van der Waals surface area (Å²) in [7, 11) is 0. The molecule has 146 valence electrons. The Morgan fingerprint density at radius 1 is 1.14 bits per heavy atom. The highest BCUT2D eigenvalue weighted by molar-refractivity contribution is 8.00.